The van der Waals surface area contributed by atoms with Crippen LogP contribution in [0.15, 0.2) is 29.2 Å². The van der Waals surface area contributed by atoms with Gasteiger partial charge in [0.25, 0.3) is 5.91 Å². The monoisotopic (exact) mass is 401 g/mol. The van der Waals surface area contributed by atoms with Crippen LogP contribution in [0.4, 0.5) is 0 Å². The van der Waals surface area contributed by atoms with Crippen LogP contribution in [0.5, 0.6) is 0 Å². The van der Waals surface area contributed by atoms with Crippen molar-refractivity contribution in [2.75, 3.05) is 32.6 Å². The molecule has 0 radical (unpaired) electrons. The molecule has 0 saturated heterocycles. The fourth-order valence-electron chi connectivity index (χ4n) is 3.02. The number of hydrogen-bond acceptors (Lipinski definition) is 5. The summed E-state index contributed by atoms with van der Waals surface area (Å²) in [4.78, 5) is 25.3. The van der Waals surface area contributed by atoms with Gasteiger partial charge in [-0.05, 0) is 37.4 Å². The Kier molecular flexibility index (Phi) is 10.7. The molecule has 6 nitrogen and oxygen atoms in total. The normalized spacial score (nSPS) is 18.8. The number of amides is 2. The fraction of sp³-hybridized carbons (Fsp3) is 0.556. The van der Waals surface area contributed by atoms with Crippen LogP contribution in [0, 0.1) is 5.92 Å². The fourth-order valence-corrected chi connectivity index (χ4v) is 3.90. The number of methoxy groups -OCH3 is 1. The van der Waals surface area contributed by atoms with Gasteiger partial charge in [0.1, 0.15) is 0 Å². The van der Waals surface area contributed by atoms with Crippen molar-refractivity contribution in [3.05, 3.63) is 29.8 Å². The van der Waals surface area contributed by atoms with Gasteiger partial charge < -0.3 is 21.1 Å². The number of rotatable bonds is 9. The Balaban J connectivity index is 0.00000338. The van der Waals surface area contributed by atoms with Crippen LogP contribution < -0.4 is 16.4 Å². The van der Waals surface area contributed by atoms with Gasteiger partial charge in [0, 0.05) is 24.6 Å². The third-order valence-electron chi connectivity index (χ3n) is 4.40. The highest BCUT2D eigenvalue weighted by Crippen LogP contribution is 2.26. The molecule has 4 N–H and O–H groups in total. The SMILES string of the molecule is COCCNC(=O)CSc1ccccc1C(=O)NC1CCCC1CN.Cl. The van der Waals surface area contributed by atoms with Crippen LogP contribution in [0.3, 0.4) is 0 Å². The van der Waals surface area contributed by atoms with E-state index in [0.717, 1.165) is 24.2 Å². The van der Waals surface area contributed by atoms with Crippen molar-refractivity contribution in [3.8, 4) is 0 Å². The lowest BCUT2D eigenvalue weighted by molar-refractivity contribution is -0.118. The molecule has 2 amide bonds. The smallest absolute Gasteiger partial charge is 0.252 e. The van der Waals surface area contributed by atoms with Crippen molar-refractivity contribution in [1.29, 1.82) is 0 Å². The highest BCUT2D eigenvalue weighted by molar-refractivity contribution is 8.00. The Hall–Kier alpha value is -1.28. The molecule has 1 aromatic carbocycles. The maximum atomic E-state index is 12.7. The van der Waals surface area contributed by atoms with E-state index in [1.165, 1.54) is 11.8 Å². The zero-order chi connectivity index (χ0) is 18.1. The lowest BCUT2D eigenvalue weighted by atomic mass is 10.0. The van der Waals surface area contributed by atoms with E-state index >= 15 is 0 Å². The second-order valence-corrected chi connectivity index (χ2v) is 7.15. The number of benzene rings is 1. The third kappa shape index (κ3) is 6.79. The zero-order valence-electron chi connectivity index (χ0n) is 15.0. The van der Waals surface area contributed by atoms with E-state index < -0.39 is 0 Å². The molecular weight excluding hydrogens is 374 g/mol. The lowest BCUT2D eigenvalue weighted by Crippen LogP contribution is -2.40. The maximum Gasteiger partial charge on any atom is 0.252 e. The van der Waals surface area contributed by atoms with Gasteiger partial charge in [0.05, 0.1) is 17.9 Å². The van der Waals surface area contributed by atoms with Crippen LogP contribution >= 0.6 is 24.2 Å². The van der Waals surface area contributed by atoms with Gasteiger partial charge in [-0.1, -0.05) is 18.6 Å². The topological polar surface area (TPSA) is 93.4 Å². The van der Waals surface area contributed by atoms with Gasteiger partial charge in [-0.15, -0.1) is 24.2 Å². The summed E-state index contributed by atoms with van der Waals surface area (Å²) in [5.74, 6) is 0.461. The molecule has 2 rings (SSSR count). The second kappa shape index (κ2) is 12.2. The van der Waals surface area contributed by atoms with Gasteiger partial charge in [-0.3, -0.25) is 9.59 Å². The summed E-state index contributed by atoms with van der Waals surface area (Å²) < 4.78 is 4.90. The van der Waals surface area contributed by atoms with Crippen molar-refractivity contribution < 1.29 is 14.3 Å². The predicted molar refractivity (Wildman–Crippen MR) is 107 cm³/mol. The summed E-state index contributed by atoms with van der Waals surface area (Å²) >= 11 is 1.37. The highest BCUT2D eigenvalue weighted by Gasteiger charge is 2.28. The molecule has 2 unspecified atom stereocenters. The molecule has 0 aromatic heterocycles. The first-order chi connectivity index (χ1) is 12.2. The number of carbonyl (C=O) groups is 2. The molecule has 146 valence electrons. The predicted octanol–water partition coefficient (Wildman–Crippen LogP) is 1.82. The molecule has 1 aliphatic carbocycles. The number of carbonyl (C=O) groups excluding carboxylic acids is 2. The number of halogens is 1. The summed E-state index contributed by atoms with van der Waals surface area (Å²) in [5.41, 5.74) is 6.40. The van der Waals surface area contributed by atoms with E-state index in [4.69, 9.17) is 10.5 Å². The summed E-state index contributed by atoms with van der Waals surface area (Å²) in [7, 11) is 1.59. The molecule has 0 heterocycles. The van der Waals surface area contributed by atoms with Crippen LogP contribution in [0.25, 0.3) is 0 Å². The van der Waals surface area contributed by atoms with Gasteiger partial charge in [0.2, 0.25) is 5.91 Å². The largest absolute Gasteiger partial charge is 0.383 e. The average molecular weight is 402 g/mol. The average Bonchev–Trinajstić information content (AvgIpc) is 3.07. The first-order valence-corrected chi connectivity index (χ1v) is 9.62. The van der Waals surface area contributed by atoms with E-state index in [1.54, 1.807) is 13.2 Å². The quantitative estimate of drug-likeness (QED) is 0.433. The first-order valence-electron chi connectivity index (χ1n) is 8.64. The standard InChI is InChI=1S/C18H27N3O3S.ClH/c1-24-10-9-20-17(22)12-25-16-8-3-2-6-14(16)18(23)21-15-7-4-5-13(15)11-19;/h2-3,6,8,13,15H,4-5,7,9-12,19H2,1H3,(H,20,22)(H,21,23);1H. The summed E-state index contributed by atoms with van der Waals surface area (Å²) in [5, 5.41) is 5.89. The highest BCUT2D eigenvalue weighted by atomic mass is 35.5. The molecule has 0 spiro atoms. The van der Waals surface area contributed by atoms with Crippen LogP contribution in [0.2, 0.25) is 0 Å². The molecule has 2 atom stereocenters. The van der Waals surface area contributed by atoms with Gasteiger partial charge in [-0.2, -0.15) is 0 Å². The number of hydrogen-bond donors (Lipinski definition) is 3. The Labute approximate surface area is 165 Å². The Morgan fingerprint density at radius 2 is 2.08 bits per heavy atom. The molecule has 8 heteroatoms. The van der Waals surface area contributed by atoms with Crippen molar-refractivity contribution >= 4 is 36.0 Å². The number of ether oxygens (including phenoxy) is 1. The molecule has 0 bridgehead atoms. The minimum atomic E-state index is -0.0896. The summed E-state index contributed by atoms with van der Waals surface area (Å²) in [6.45, 7) is 1.57. The second-order valence-electron chi connectivity index (χ2n) is 6.13. The van der Waals surface area contributed by atoms with Crippen molar-refractivity contribution in [3.63, 3.8) is 0 Å². The molecule has 1 fully saturated rings. The van der Waals surface area contributed by atoms with Gasteiger partial charge in [-0.25, -0.2) is 0 Å². The minimum Gasteiger partial charge on any atom is -0.383 e. The number of nitrogens with two attached hydrogens (primary N) is 1. The van der Waals surface area contributed by atoms with E-state index in [2.05, 4.69) is 10.6 Å². The molecule has 1 saturated carbocycles. The van der Waals surface area contributed by atoms with Gasteiger partial charge in [0.15, 0.2) is 0 Å². The Morgan fingerprint density at radius 1 is 1.31 bits per heavy atom. The van der Waals surface area contributed by atoms with Crippen LogP contribution in [-0.4, -0.2) is 50.4 Å². The van der Waals surface area contributed by atoms with Crippen molar-refractivity contribution in [2.45, 2.75) is 30.2 Å². The molecular formula is C18H28ClN3O3S. The number of thioether (sulfide) groups is 1. The van der Waals surface area contributed by atoms with Crippen LogP contribution in [0.1, 0.15) is 29.6 Å². The molecule has 0 aliphatic heterocycles. The minimum absolute atomic E-state index is 0. The first kappa shape index (κ1) is 22.8. The molecule has 26 heavy (non-hydrogen) atoms. The number of nitrogens with one attached hydrogen (secondary N) is 2. The summed E-state index contributed by atoms with van der Waals surface area (Å²) in [6, 6.07) is 7.53. The lowest BCUT2D eigenvalue weighted by Gasteiger charge is -2.20. The molecule has 1 aliphatic rings. The zero-order valence-corrected chi connectivity index (χ0v) is 16.7. The third-order valence-corrected chi connectivity index (χ3v) is 5.47. The maximum absolute atomic E-state index is 12.7. The van der Waals surface area contributed by atoms with Crippen molar-refractivity contribution in [2.24, 2.45) is 11.7 Å². The van der Waals surface area contributed by atoms with E-state index in [-0.39, 0.29) is 36.0 Å². The van der Waals surface area contributed by atoms with E-state index in [0.29, 0.717) is 31.2 Å². The van der Waals surface area contributed by atoms with E-state index in [9.17, 15) is 9.59 Å². The molecule has 1 aromatic rings. The van der Waals surface area contributed by atoms with Gasteiger partial charge >= 0.3 is 0 Å². The summed E-state index contributed by atoms with van der Waals surface area (Å²) in [6.07, 6.45) is 3.15. The Bertz CT molecular complexity index is 589. The van der Waals surface area contributed by atoms with E-state index in [1.807, 2.05) is 18.2 Å². The Morgan fingerprint density at radius 3 is 2.81 bits per heavy atom. The van der Waals surface area contributed by atoms with Crippen molar-refractivity contribution in [1.82, 2.24) is 10.6 Å². The van der Waals surface area contributed by atoms with Crippen LogP contribution in [-0.2, 0) is 9.53 Å².